The molecule has 0 radical (unpaired) electrons. The van der Waals surface area contributed by atoms with Crippen molar-refractivity contribution >= 4 is 40.5 Å². The van der Waals surface area contributed by atoms with Crippen LogP contribution in [-0.4, -0.2) is 18.0 Å². The zero-order valence-corrected chi connectivity index (χ0v) is 16.3. The number of esters is 1. The third kappa shape index (κ3) is 2.93. The van der Waals surface area contributed by atoms with Gasteiger partial charge in [0, 0.05) is 12.0 Å². The second-order valence-corrected chi connectivity index (χ2v) is 7.63. The Morgan fingerprint density at radius 2 is 2.00 bits per heavy atom. The van der Waals surface area contributed by atoms with E-state index in [0.717, 1.165) is 17.5 Å². The van der Waals surface area contributed by atoms with Crippen LogP contribution in [0.25, 0.3) is 0 Å². The number of nitrogens with zero attached hydrogens (tertiary/aromatic N) is 1. The summed E-state index contributed by atoms with van der Waals surface area (Å²) in [6.45, 7) is 0. The average Bonchev–Trinajstić information content (AvgIpc) is 3.17. The molecule has 6 nitrogen and oxygen atoms in total. The SMILES string of the molecule is COC(=O)c1ccc(Cl)c2c1[C@@H]1C=CC[C@@H]1[C@@H](c1ccc(Cl)c([N+](=O)[O-])c1)N2. The van der Waals surface area contributed by atoms with Crippen LogP contribution in [0.5, 0.6) is 0 Å². The number of hydrogen-bond donors (Lipinski definition) is 1. The third-order valence-corrected chi connectivity index (χ3v) is 6.03. The number of nitro benzene ring substituents is 1. The van der Waals surface area contributed by atoms with Crippen LogP contribution in [0, 0.1) is 16.0 Å². The molecule has 0 saturated carbocycles. The molecular formula is C20H16Cl2N2O4. The summed E-state index contributed by atoms with van der Waals surface area (Å²) in [7, 11) is 1.34. The number of anilines is 1. The van der Waals surface area contributed by atoms with Gasteiger partial charge in [0.2, 0.25) is 0 Å². The van der Waals surface area contributed by atoms with Crippen molar-refractivity contribution in [2.24, 2.45) is 5.92 Å². The molecular weight excluding hydrogens is 403 g/mol. The summed E-state index contributed by atoms with van der Waals surface area (Å²) in [5.41, 5.74) is 2.54. The van der Waals surface area contributed by atoms with Gasteiger partial charge in [0.05, 0.1) is 34.3 Å². The highest BCUT2D eigenvalue weighted by Gasteiger charge is 2.41. The van der Waals surface area contributed by atoms with Gasteiger partial charge in [0.15, 0.2) is 0 Å². The molecule has 2 aromatic rings. The van der Waals surface area contributed by atoms with Crippen LogP contribution >= 0.6 is 23.2 Å². The van der Waals surface area contributed by atoms with E-state index >= 15 is 0 Å². The Balaban J connectivity index is 1.85. The fraction of sp³-hybridized carbons (Fsp3) is 0.250. The molecule has 0 unspecified atom stereocenters. The van der Waals surface area contributed by atoms with Crippen molar-refractivity contribution in [1.29, 1.82) is 0 Å². The molecule has 0 spiro atoms. The summed E-state index contributed by atoms with van der Waals surface area (Å²) in [5.74, 6) is -0.395. The van der Waals surface area contributed by atoms with Crippen molar-refractivity contribution in [3.05, 3.63) is 79.3 Å². The molecule has 3 atom stereocenters. The molecule has 0 aromatic heterocycles. The predicted octanol–water partition coefficient (Wildman–Crippen LogP) is 5.51. The zero-order valence-electron chi connectivity index (χ0n) is 14.8. The highest BCUT2D eigenvalue weighted by molar-refractivity contribution is 6.33. The molecule has 28 heavy (non-hydrogen) atoms. The van der Waals surface area contributed by atoms with Gasteiger partial charge in [0.1, 0.15) is 5.02 Å². The lowest BCUT2D eigenvalue weighted by molar-refractivity contribution is -0.384. The van der Waals surface area contributed by atoms with Crippen molar-refractivity contribution < 1.29 is 14.5 Å². The van der Waals surface area contributed by atoms with Crippen LogP contribution in [-0.2, 0) is 4.74 Å². The standard InChI is InChI=1S/C20H16Cl2N2O4/c1-28-20(25)13-6-8-15(22)19-17(13)11-3-2-4-12(11)18(23-19)10-5-7-14(21)16(9-10)24(26)27/h2-3,5-9,11-12,18,23H,4H2,1H3/t11-,12+,18-/m1/s1. The molecule has 0 bridgehead atoms. The molecule has 0 amide bonds. The van der Waals surface area contributed by atoms with E-state index in [1.54, 1.807) is 18.2 Å². The highest BCUT2D eigenvalue weighted by Crippen LogP contribution is 2.53. The van der Waals surface area contributed by atoms with E-state index in [0.29, 0.717) is 16.3 Å². The molecule has 144 valence electrons. The number of methoxy groups -OCH3 is 1. The quantitative estimate of drug-likeness (QED) is 0.307. The van der Waals surface area contributed by atoms with Crippen molar-refractivity contribution in [2.75, 3.05) is 12.4 Å². The molecule has 4 rings (SSSR count). The van der Waals surface area contributed by atoms with Gasteiger partial charge >= 0.3 is 5.97 Å². The first-order chi connectivity index (χ1) is 13.4. The maximum atomic E-state index is 12.3. The molecule has 0 fully saturated rings. The summed E-state index contributed by atoms with van der Waals surface area (Å²) >= 11 is 12.4. The summed E-state index contributed by atoms with van der Waals surface area (Å²) in [6.07, 6.45) is 4.89. The normalized spacial score (nSPS) is 22.2. The Hall–Kier alpha value is -2.57. The van der Waals surface area contributed by atoms with Gasteiger partial charge in [0.25, 0.3) is 5.69 Å². The lowest BCUT2D eigenvalue weighted by Gasteiger charge is -2.38. The Morgan fingerprint density at radius 3 is 2.71 bits per heavy atom. The Kier molecular flexibility index (Phi) is 4.77. The van der Waals surface area contributed by atoms with Crippen LogP contribution < -0.4 is 5.32 Å². The largest absolute Gasteiger partial charge is 0.465 e. The number of halogens is 2. The van der Waals surface area contributed by atoms with Gasteiger partial charge in [-0.25, -0.2) is 4.79 Å². The Bertz CT molecular complexity index is 1020. The van der Waals surface area contributed by atoms with E-state index in [4.69, 9.17) is 27.9 Å². The number of hydrogen-bond acceptors (Lipinski definition) is 5. The zero-order chi connectivity index (χ0) is 20.0. The second kappa shape index (κ2) is 7.11. The summed E-state index contributed by atoms with van der Waals surface area (Å²) in [5, 5.41) is 15.3. The van der Waals surface area contributed by atoms with Gasteiger partial charge in [-0.1, -0.05) is 41.4 Å². The summed E-state index contributed by atoms with van der Waals surface area (Å²) in [4.78, 5) is 23.1. The Morgan fingerprint density at radius 1 is 1.25 bits per heavy atom. The van der Waals surface area contributed by atoms with Crippen molar-refractivity contribution in [3.8, 4) is 0 Å². The first-order valence-corrected chi connectivity index (χ1v) is 9.45. The first kappa shape index (κ1) is 18.8. The number of rotatable bonds is 3. The van der Waals surface area contributed by atoms with Crippen molar-refractivity contribution in [1.82, 2.24) is 0 Å². The molecule has 2 aliphatic rings. The predicted molar refractivity (Wildman–Crippen MR) is 107 cm³/mol. The van der Waals surface area contributed by atoms with Gasteiger partial charge < -0.3 is 10.1 Å². The van der Waals surface area contributed by atoms with Gasteiger partial charge in [-0.2, -0.15) is 0 Å². The molecule has 8 heteroatoms. The van der Waals surface area contributed by atoms with Crippen molar-refractivity contribution in [2.45, 2.75) is 18.4 Å². The molecule has 1 heterocycles. The second-order valence-electron chi connectivity index (χ2n) is 6.82. The molecule has 2 aromatic carbocycles. The fourth-order valence-electron chi connectivity index (χ4n) is 4.16. The van der Waals surface area contributed by atoms with Crippen LogP contribution in [0.15, 0.2) is 42.5 Å². The summed E-state index contributed by atoms with van der Waals surface area (Å²) in [6, 6.07) is 7.93. The molecule has 1 aliphatic heterocycles. The maximum Gasteiger partial charge on any atom is 0.338 e. The number of allylic oxidation sites excluding steroid dienone is 2. The smallest absolute Gasteiger partial charge is 0.338 e. The number of fused-ring (bicyclic) bond motifs is 3. The first-order valence-electron chi connectivity index (χ1n) is 8.70. The van der Waals surface area contributed by atoms with E-state index in [-0.39, 0.29) is 28.6 Å². The van der Waals surface area contributed by atoms with E-state index in [1.807, 2.05) is 0 Å². The highest BCUT2D eigenvalue weighted by atomic mass is 35.5. The molecule has 1 N–H and O–H groups in total. The monoisotopic (exact) mass is 418 g/mol. The number of nitro groups is 1. The van der Waals surface area contributed by atoms with Crippen molar-refractivity contribution in [3.63, 3.8) is 0 Å². The number of benzene rings is 2. The minimum atomic E-state index is -0.491. The molecule has 0 saturated heterocycles. The number of nitrogens with one attached hydrogen (secondary N) is 1. The molecule has 1 aliphatic carbocycles. The minimum Gasteiger partial charge on any atom is -0.465 e. The van der Waals surface area contributed by atoms with Crippen LogP contribution in [0.1, 0.15) is 39.9 Å². The maximum absolute atomic E-state index is 12.3. The van der Waals surface area contributed by atoms with E-state index < -0.39 is 10.9 Å². The van der Waals surface area contributed by atoms with Gasteiger partial charge in [-0.05, 0) is 41.7 Å². The topological polar surface area (TPSA) is 81.5 Å². The van der Waals surface area contributed by atoms with Crippen LogP contribution in [0.2, 0.25) is 10.0 Å². The lowest BCUT2D eigenvalue weighted by Crippen LogP contribution is -2.30. The Labute approximate surface area is 171 Å². The minimum absolute atomic E-state index is 0.0521. The van der Waals surface area contributed by atoms with Crippen LogP contribution in [0.3, 0.4) is 0 Å². The number of ether oxygens (including phenoxy) is 1. The van der Waals surface area contributed by atoms with E-state index in [9.17, 15) is 14.9 Å². The third-order valence-electron chi connectivity index (χ3n) is 5.40. The fourth-order valence-corrected chi connectivity index (χ4v) is 4.56. The average molecular weight is 419 g/mol. The number of carbonyl (C=O) groups excluding carboxylic acids is 1. The van der Waals surface area contributed by atoms with Crippen LogP contribution in [0.4, 0.5) is 11.4 Å². The van der Waals surface area contributed by atoms with Gasteiger partial charge in [-0.15, -0.1) is 0 Å². The number of carbonyl (C=O) groups is 1. The van der Waals surface area contributed by atoms with E-state index in [2.05, 4.69) is 17.5 Å². The lowest BCUT2D eigenvalue weighted by atomic mass is 9.75. The van der Waals surface area contributed by atoms with E-state index in [1.165, 1.54) is 19.2 Å². The summed E-state index contributed by atoms with van der Waals surface area (Å²) < 4.78 is 4.93. The van der Waals surface area contributed by atoms with Gasteiger partial charge in [-0.3, -0.25) is 10.1 Å².